The van der Waals surface area contributed by atoms with Gasteiger partial charge in [-0.25, -0.2) is 0 Å². The molecule has 0 aliphatic heterocycles. The van der Waals surface area contributed by atoms with Gasteiger partial charge < -0.3 is 5.32 Å². The van der Waals surface area contributed by atoms with Gasteiger partial charge in [-0.15, -0.1) is 11.3 Å². The summed E-state index contributed by atoms with van der Waals surface area (Å²) in [6, 6.07) is 3.83. The molecule has 1 N–H and O–H groups in total. The molecular formula is C14H16Cl2N2OS. The van der Waals surface area contributed by atoms with Gasteiger partial charge in [0.1, 0.15) is 9.88 Å². The molecular weight excluding hydrogens is 315 g/mol. The number of hydrogen-bond donors (Lipinski definition) is 1. The van der Waals surface area contributed by atoms with Gasteiger partial charge in [0, 0.05) is 0 Å². The van der Waals surface area contributed by atoms with Crippen LogP contribution in [0.4, 0.5) is 0 Å². The van der Waals surface area contributed by atoms with Crippen LogP contribution < -0.4 is 5.32 Å². The Kier molecular flexibility index (Phi) is 4.95. The van der Waals surface area contributed by atoms with Crippen molar-refractivity contribution in [1.82, 2.24) is 5.32 Å². The molecule has 1 aliphatic rings. The molecule has 0 bridgehead atoms. The number of nitrogens with one attached hydrogen (secondary N) is 1. The molecule has 1 heterocycles. The van der Waals surface area contributed by atoms with Crippen molar-refractivity contribution >= 4 is 40.4 Å². The van der Waals surface area contributed by atoms with Gasteiger partial charge in [0.2, 0.25) is 0 Å². The predicted molar refractivity (Wildman–Crippen MR) is 82.4 cm³/mol. The summed E-state index contributed by atoms with van der Waals surface area (Å²) < 4.78 is 0.837. The zero-order valence-corrected chi connectivity index (χ0v) is 13.5. The quantitative estimate of drug-likeness (QED) is 0.877. The summed E-state index contributed by atoms with van der Waals surface area (Å²) in [5.74, 6) is 0.349. The van der Waals surface area contributed by atoms with Crippen LogP contribution in [0, 0.1) is 17.2 Å². The number of nitriles is 1. The molecule has 1 aromatic rings. The minimum Gasteiger partial charge on any atom is -0.334 e. The SMILES string of the molecule is CCC1CCC(C#N)(NC(=O)c2cc(Cl)sc2Cl)CC1. The van der Waals surface area contributed by atoms with Crippen LogP contribution in [0.3, 0.4) is 0 Å². The summed E-state index contributed by atoms with van der Waals surface area (Å²) in [5, 5.41) is 12.3. The van der Waals surface area contributed by atoms with Crippen molar-refractivity contribution in [2.45, 2.75) is 44.6 Å². The van der Waals surface area contributed by atoms with E-state index in [1.54, 1.807) is 6.07 Å². The van der Waals surface area contributed by atoms with Gasteiger partial charge in [0.05, 0.1) is 16.0 Å². The fourth-order valence-electron chi connectivity index (χ4n) is 2.62. The highest BCUT2D eigenvalue weighted by Crippen LogP contribution is 2.35. The molecule has 2 rings (SSSR count). The summed E-state index contributed by atoms with van der Waals surface area (Å²) in [5.41, 5.74) is -0.408. The lowest BCUT2D eigenvalue weighted by Crippen LogP contribution is -2.49. The van der Waals surface area contributed by atoms with E-state index in [9.17, 15) is 10.1 Å². The highest BCUT2D eigenvalue weighted by atomic mass is 35.5. The van der Waals surface area contributed by atoms with E-state index >= 15 is 0 Å². The van der Waals surface area contributed by atoms with Gasteiger partial charge >= 0.3 is 0 Å². The molecule has 108 valence electrons. The first kappa shape index (κ1) is 15.6. The summed E-state index contributed by atoms with van der Waals surface area (Å²) in [6.45, 7) is 2.16. The van der Waals surface area contributed by atoms with E-state index in [1.807, 2.05) is 0 Å². The van der Waals surface area contributed by atoms with Crippen LogP contribution >= 0.6 is 34.5 Å². The maximum absolute atomic E-state index is 12.3. The van der Waals surface area contributed by atoms with Crippen LogP contribution in [0.25, 0.3) is 0 Å². The first-order valence-corrected chi connectivity index (χ1v) is 8.25. The van der Waals surface area contributed by atoms with Gasteiger partial charge in [-0.3, -0.25) is 4.79 Å². The van der Waals surface area contributed by atoms with Crippen LogP contribution in [-0.4, -0.2) is 11.4 Å². The Bertz CT molecular complexity index is 542. The van der Waals surface area contributed by atoms with Crippen molar-refractivity contribution in [2.24, 2.45) is 5.92 Å². The molecule has 20 heavy (non-hydrogen) atoms. The number of carbonyl (C=O) groups excluding carboxylic acids is 1. The van der Waals surface area contributed by atoms with Gasteiger partial charge in [0.25, 0.3) is 5.91 Å². The Morgan fingerprint density at radius 2 is 2.20 bits per heavy atom. The number of amides is 1. The average Bonchev–Trinajstić information content (AvgIpc) is 2.78. The molecule has 0 radical (unpaired) electrons. The molecule has 0 unspecified atom stereocenters. The van der Waals surface area contributed by atoms with Crippen LogP contribution in [0.2, 0.25) is 8.67 Å². The number of thiophene rings is 1. The zero-order chi connectivity index (χ0) is 14.8. The van der Waals surface area contributed by atoms with Gasteiger partial charge in [-0.2, -0.15) is 5.26 Å². The third kappa shape index (κ3) is 3.28. The highest BCUT2D eigenvalue weighted by molar-refractivity contribution is 7.20. The Balaban J connectivity index is 2.09. The summed E-state index contributed by atoms with van der Waals surface area (Å²) in [4.78, 5) is 12.3. The molecule has 1 aliphatic carbocycles. The third-order valence-electron chi connectivity index (χ3n) is 4.00. The largest absolute Gasteiger partial charge is 0.334 e. The second-order valence-corrected chi connectivity index (χ2v) is 7.52. The number of halogens is 2. The normalized spacial score (nSPS) is 26.0. The average molecular weight is 331 g/mol. The van der Waals surface area contributed by atoms with Crippen LogP contribution in [0.1, 0.15) is 49.4 Å². The fraction of sp³-hybridized carbons (Fsp3) is 0.571. The van der Waals surface area contributed by atoms with E-state index in [1.165, 1.54) is 0 Å². The first-order chi connectivity index (χ1) is 9.49. The summed E-state index contributed by atoms with van der Waals surface area (Å²) in [6.07, 6.45) is 4.47. The van der Waals surface area contributed by atoms with Crippen molar-refractivity contribution < 1.29 is 4.79 Å². The monoisotopic (exact) mass is 330 g/mol. The van der Waals surface area contributed by atoms with E-state index in [-0.39, 0.29) is 5.91 Å². The Hall–Kier alpha value is -0.760. The standard InChI is InChI=1S/C14H16Cl2N2OS/c1-2-9-3-5-14(8-17,6-4-9)18-13(19)10-7-11(15)20-12(10)16/h7,9H,2-6H2,1H3,(H,18,19). The van der Waals surface area contributed by atoms with E-state index in [2.05, 4.69) is 18.3 Å². The Morgan fingerprint density at radius 1 is 1.55 bits per heavy atom. The molecule has 6 heteroatoms. The van der Waals surface area contributed by atoms with Crippen molar-refractivity contribution in [1.29, 1.82) is 5.26 Å². The van der Waals surface area contributed by atoms with Crippen LogP contribution in [-0.2, 0) is 0 Å². The van der Waals surface area contributed by atoms with E-state index in [4.69, 9.17) is 23.2 Å². The molecule has 1 fully saturated rings. The third-order valence-corrected chi connectivity index (χ3v) is 5.49. The Labute approximate surface area is 132 Å². The number of carbonyl (C=O) groups is 1. The molecule has 0 saturated heterocycles. The maximum atomic E-state index is 12.3. The lowest BCUT2D eigenvalue weighted by Gasteiger charge is -2.35. The Morgan fingerprint density at radius 3 is 2.65 bits per heavy atom. The lowest BCUT2D eigenvalue weighted by molar-refractivity contribution is 0.0892. The number of rotatable bonds is 3. The van der Waals surface area contributed by atoms with Gasteiger partial charge in [-0.05, 0) is 37.7 Å². The van der Waals surface area contributed by atoms with E-state index < -0.39 is 5.54 Å². The van der Waals surface area contributed by atoms with Crippen LogP contribution in [0.5, 0.6) is 0 Å². The van der Waals surface area contributed by atoms with E-state index in [0.29, 0.717) is 33.0 Å². The fourth-order valence-corrected chi connectivity index (χ4v) is 4.08. The minimum absolute atomic E-state index is 0.311. The lowest BCUT2D eigenvalue weighted by atomic mass is 9.76. The number of hydrogen-bond acceptors (Lipinski definition) is 3. The van der Waals surface area contributed by atoms with Gasteiger partial charge in [0.15, 0.2) is 0 Å². The maximum Gasteiger partial charge on any atom is 0.254 e. The number of nitrogens with zero attached hydrogens (tertiary/aromatic N) is 1. The molecule has 1 aromatic heterocycles. The molecule has 1 amide bonds. The smallest absolute Gasteiger partial charge is 0.254 e. The molecule has 0 atom stereocenters. The highest BCUT2D eigenvalue weighted by Gasteiger charge is 2.37. The second-order valence-electron chi connectivity index (χ2n) is 5.24. The van der Waals surface area contributed by atoms with Gasteiger partial charge in [-0.1, -0.05) is 36.5 Å². The summed E-state index contributed by atoms with van der Waals surface area (Å²) in [7, 11) is 0. The van der Waals surface area contributed by atoms with E-state index in [0.717, 1.165) is 30.6 Å². The minimum atomic E-state index is -0.763. The van der Waals surface area contributed by atoms with Crippen molar-refractivity contribution in [3.63, 3.8) is 0 Å². The van der Waals surface area contributed by atoms with Crippen molar-refractivity contribution in [3.8, 4) is 6.07 Å². The van der Waals surface area contributed by atoms with Crippen molar-refractivity contribution in [3.05, 3.63) is 20.3 Å². The first-order valence-electron chi connectivity index (χ1n) is 6.68. The molecule has 0 spiro atoms. The zero-order valence-electron chi connectivity index (χ0n) is 11.2. The second kappa shape index (κ2) is 6.34. The predicted octanol–water partition coefficient (Wildman–Crippen LogP) is 4.65. The summed E-state index contributed by atoms with van der Waals surface area (Å²) >= 11 is 13.0. The molecule has 3 nitrogen and oxygen atoms in total. The van der Waals surface area contributed by atoms with Crippen LogP contribution in [0.15, 0.2) is 6.07 Å². The van der Waals surface area contributed by atoms with Crippen molar-refractivity contribution in [2.75, 3.05) is 0 Å². The topological polar surface area (TPSA) is 52.9 Å². The molecule has 1 saturated carbocycles. The molecule has 0 aromatic carbocycles.